The minimum Gasteiger partial charge on any atom is -0.329 e. The molecule has 2 atom stereocenters. The van der Waals surface area contributed by atoms with Crippen molar-refractivity contribution in [1.82, 2.24) is 24.3 Å². The molecule has 0 aliphatic carbocycles. The van der Waals surface area contributed by atoms with E-state index in [1.807, 2.05) is 35.2 Å². The molecule has 0 spiro atoms. The lowest BCUT2D eigenvalue weighted by Gasteiger charge is -2.37. The zero-order valence-corrected chi connectivity index (χ0v) is 16.3. The Morgan fingerprint density at radius 2 is 2.11 bits per heavy atom. The Morgan fingerprint density at radius 3 is 3.04 bits per heavy atom. The number of piperidine rings is 1. The van der Waals surface area contributed by atoms with Crippen molar-refractivity contribution < 1.29 is 0 Å². The topological polar surface area (TPSA) is 55.1 Å². The highest BCUT2D eigenvalue weighted by Gasteiger charge is 2.31. The first-order valence-corrected chi connectivity index (χ1v) is 10.2. The molecule has 2 aromatic heterocycles. The average molecular weight is 377 g/mol. The Hall–Kier alpha value is -2.44. The second-order valence-electron chi connectivity index (χ2n) is 8.32. The van der Waals surface area contributed by atoms with Crippen LogP contribution < -0.4 is 10.9 Å². The molecule has 4 heterocycles. The fourth-order valence-corrected chi connectivity index (χ4v) is 4.79. The summed E-state index contributed by atoms with van der Waals surface area (Å²) in [6.07, 6.45) is 3.11. The quantitative estimate of drug-likeness (QED) is 0.739. The van der Waals surface area contributed by atoms with Gasteiger partial charge in [-0.1, -0.05) is 18.2 Å². The number of hydrogen-bond donors (Lipinski definition) is 1. The first-order chi connectivity index (χ1) is 13.7. The molecule has 28 heavy (non-hydrogen) atoms. The minimum absolute atomic E-state index is 0.203. The van der Waals surface area contributed by atoms with Crippen LogP contribution in [0.4, 0.5) is 0 Å². The largest absolute Gasteiger partial charge is 0.329 e. The molecular formula is C22H27N5O. The van der Waals surface area contributed by atoms with E-state index in [-0.39, 0.29) is 5.56 Å². The van der Waals surface area contributed by atoms with Gasteiger partial charge < -0.3 is 19.4 Å². The summed E-state index contributed by atoms with van der Waals surface area (Å²) < 4.78 is 4.23. The molecule has 6 heteroatoms. The number of nitrogens with one attached hydrogen (secondary N) is 1. The van der Waals surface area contributed by atoms with Gasteiger partial charge in [-0.15, -0.1) is 0 Å². The lowest BCUT2D eigenvalue weighted by Crippen LogP contribution is -2.45. The van der Waals surface area contributed by atoms with Crippen molar-refractivity contribution in [3.8, 4) is 0 Å². The Labute approximate surface area is 164 Å². The Morgan fingerprint density at radius 1 is 1.21 bits per heavy atom. The van der Waals surface area contributed by atoms with E-state index < -0.39 is 0 Å². The van der Waals surface area contributed by atoms with Gasteiger partial charge in [-0.25, -0.2) is 4.98 Å². The van der Waals surface area contributed by atoms with Gasteiger partial charge in [0.2, 0.25) is 0 Å². The summed E-state index contributed by atoms with van der Waals surface area (Å²) in [5, 5.41) is 3.51. The smallest absolute Gasteiger partial charge is 0.255 e. The number of imidazole rings is 1. The number of rotatable bonds is 5. The summed E-state index contributed by atoms with van der Waals surface area (Å²) in [5.74, 6) is 1.08. The third-order valence-corrected chi connectivity index (χ3v) is 6.28. The van der Waals surface area contributed by atoms with E-state index in [1.165, 1.54) is 12.1 Å². The Balaban J connectivity index is 1.30. The number of fused-ring (bicyclic) bond motifs is 5. The SMILES string of the molecule is CN(CCn1cnc2ccccc21)Cc1ccc2n(c1=O)C[C@@H]1CNC[C@H]2C1. The second kappa shape index (κ2) is 7.18. The van der Waals surface area contributed by atoms with Crippen LogP contribution in [0.15, 0.2) is 47.5 Å². The molecule has 6 nitrogen and oxygen atoms in total. The maximum Gasteiger partial charge on any atom is 0.255 e. The molecule has 0 unspecified atom stereocenters. The normalized spacial score (nSPS) is 21.2. The van der Waals surface area contributed by atoms with E-state index in [1.54, 1.807) is 0 Å². The number of para-hydroxylation sites is 2. The van der Waals surface area contributed by atoms with Crippen LogP contribution >= 0.6 is 0 Å². The van der Waals surface area contributed by atoms with Gasteiger partial charge in [0.1, 0.15) is 0 Å². The van der Waals surface area contributed by atoms with Crippen LogP contribution in [0, 0.1) is 5.92 Å². The highest BCUT2D eigenvalue weighted by molar-refractivity contribution is 5.74. The van der Waals surface area contributed by atoms with Gasteiger partial charge >= 0.3 is 0 Å². The van der Waals surface area contributed by atoms with Gasteiger partial charge in [0, 0.05) is 49.9 Å². The van der Waals surface area contributed by atoms with E-state index in [0.717, 1.165) is 49.3 Å². The molecule has 0 radical (unpaired) electrons. The minimum atomic E-state index is 0.203. The van der Waals surface area contributed by atoms with Crippen LogP contribution in [-0.4, -0.2) is 45.7 Å². The molecule has 5 rings (SSSR count). The predicted molar refractivity (Wildman–Crippen MR) is 110 cm³/mol. The molecule has 3 aromatic rings. The van der Waals surface area contributed by atoms with Gasteiger partial charge in [0.05, 0.1) is 17.4 Å². The lowest BCUT2D eigenvalue weighted by molar-refractivity contribution is 0.254. The number of aromatic nitrogens is 3. The van der Waals surface area contributed by atoms with E-state index >= 15 is 0 Å². The van der Waals surface area contributed by atoms with Crippen molar-refractivity contribution in [2.24, 2.45) is 5.92 Å². The van der Waals surface area contributed by atoms with Gasteiger partial charge in [0.15, 0.2) is 0 Å². The summed E-state index contributed by atoms with van der Waals surface area (Å²) in [6, 6.07) is 12.4. The fourth-order valence-electron chi connectivity index (χ4n) is 4.79. The molecule has 0 saturated carbocycles. The van der Waals surface area contributed by atoms with Crippen LogP contribution in [0.25, 0.3) is 11.0 Å². The molecule has 1 N–H and O–H groups in total. The van der Waals surface area contributed by atoms with Crippen LogP contribution in [0.5, 0.6) is 0 Å². The summed E-state index contributed by atoms with van der Waals surface area (Å²) in [7, 11) is 2.08. The monoisotopic (exact) mass is 377 g/mol. The third-order valence-electron chi connectivity index (χ3n) is 6.28. The highest BCUT2D eigenvalue weighted by Crippen LogP contribution is 2.31. The first kappa shape index (κ1) is 17.6. The molecule has 1 aromatic carbocycles. The van der Waals surface area contributed by atoms with E-state index in [0.29, 0.717) is 18.4 Å². The van der Waals surface area contributed by atoms with Crippen LogP contribution in [-0.2, 0) is 19.6 Å². The number of nitrogens with zero attached hydrogens (tertiary/aromatic N) is 4. The number of benzene rings is 1. The molecule has 1 saturated heterocycles. The third kappa shape index (κ3) is 3.16. The first-order valence-electron chi connectivity index (χ1n) is 10.2. The predicted octanol–water partition coefficient (Wildman–Crippen LogP) is 2.04. The Bertz CT molecular complexity index is 1050. The van der Waals surface area contributed by atoms with Crippen molar-refractivity contribution in [2.45, 2.75) is 32.0 Å². The summed E-state index contributed by atoms with van der Waals surface area (Å²) in [4.78, 5) is 19.8. The molecule has 1 fully saturated rings. The standard InChI is InChI=1S/C22H27N5O/c1-25(8-9-26-15-24-19-4-2-3-5-21(19)26)14-17-6-7-20-18-10-16(11-23-12-18)13-27(20)22(17)28/h2-7,15-16,18,23H,8-14H2,1H3/t16-,18+/m0/s1. The fraction of sp³-hybridized carbons (Fsp3) is 0.455. The van der Waals surface area contributed by atoms with Crippen molar-refractivity contribution in [3.63, 3.8) is 0 Å². The molecule has 146 valence electrons. The maximum absolute atomic E-state index is 13.1. The number of hydrogen-bond acceptors (Lipinski definition) is 4. The molecule has 0 amide bonds. The molecule has 2 aliphatic heterocycles. The van der Waals surface area contributed by atoms with E-state index in [9.17, 15) is 4.79 Å². The second-order valence-corrected chi connectivity index (χ2v) is 8.32. The van der Waals surface area contributed by atoms with Crippen molar-refractivity contribution >= 4 is 11.0 Å². The summed E-state index contributed by atoms with van der Waals surface area (Å²) in [5.41, 5.74) is 4.50. The van der Waals surface area contributed by atoms with Crippen LogP contribution in [0.2, 0.25) is 0 Å². The van der Waals surface area contributed by atoms with Gasteiger partial charge in [-0.05, 0) is 44.1 Å². The zero-order chi connectivity index (χ0) is 19.1. The molecular weight excluding hydrogens is 350 g/mol. The molecule has 2 bridgehead atoms. The van der Waals surface area contributed by atoms with Gasteiger partial charge in [-0.2, -0.15) is 0 Å². The zero-order valence-electron chi connectivity index (χ0n) is 16.3. The number of pyridine rings is 1. The Kier molecular flexibility index (Phi) is 4.53. The van der Waals surface area contributed by atoms with Gasteiger partial charge in [0.25, 0.3) is 5.56 Å². The molecule has 2 aliphatic rings. The van der Waals surface area contributed by atoms with Crippen molar-refractivity contribution in [2.75, 3.05) is 26.7 Å². The number of likely N-dealkylation sites (N-methyl/N-ethyl adjacent to an activating group) is 1. The summed E-state index contributed by atoms with van der Waals surface area (Å²) >= 11 is 0. The van der Waals surface area contributed by atoms with Gasteiger partial charge in [-0.3, -0.25) is 4.79 Å². The summed E-state index contributed by atoms with van der Waals surface area (Å²) in [6.45, 7) is 5.30. The van der Waals surface area contributed by atoms with Crippen LogP contribution in [0.1, 0.15) is 23.6 Å². The highest BCUT2D eigenvalue weighted by atomic mass is 16.1. The van der Waals surface area contributed by atoms with Crippen molar-refractivity contribution in [3.05, 3.63) is 64.3 Å². The van der Waals surface area contributed by atoms with Crippen LogP contribution in [0.3, 0.4) is 0 Å². The average Bonchev–Trinajstić information content (AvgIpc) is 3.12. The van der Waals surface area contributed by atoms with Crippen molar-refractivity contribution in [1.29, 1.82) is 0 Å². The lowest BCUT2D eigenvalue weighted by atomic mass is 9.84. The van der Waals surface area contributed by atoms with E-state index in [2.05, 4.69) is 38.9 Å². The maximum atomic E-state index is 13.1. The van der Waals surface area contributed by atoms with E-state index in [4.69, 9.17) is 0 Å².